The molecule has 7 atom stereocenters. The molecule has 0 saturated carbocycles. The van der Waals surface area contributed by atoms with Crippen molar-refractivity contribution in [3.05, 3.63) is 23.5 Å². The fourth-order valence-electron chi connectivity index (χ4n) is 6.69. The highest BCUT2D eigenvalue weighted by atomic mass is 32.2. The Kier molecular flexibility index (Phi) is 17.2. The van der Waals surface area contributed by atoms with Crippen LogP contribution in [0.5, 0.6) is 0 Å². The summed E-state index contributed by atoms with van der Waals surface area (Å²) in [5.74, 6) is 0.274. The number of carbonyl (C=O) groups excluding carboxylic acids is 2. The Balaban J connectivity index is 1.53. The normalized spacial score (nSPS) is 24.3. The average molecular weight is 790 g/mol. The highest BCUT2D eigenvalue weighted by molar-refractivity contribution is 8.09. The summed E-state index contributed by atoms with van der Waals surface area (Å²) in [5.41, 5.74) is -0.0317. The second-order valence-corrected chi connectivity index (χ2v) is 18.9. The number of fused-ring (bicyclic) bond motifs is 1. The second-order valence-electron chi connectivity index (χ2n) is 15.6. The minimum Gasteiger partial charge on any atom is -0.494 e. The first-order valence-corrected chi connectivity index (χ1v) is 20.7. The van der Waals surface area contributed by atoms with E-state index in [0.29, 0.717) is 65.2 Å². The summed E-state index contributed by atoms with van der Waals surface area (Å²) in [6, 6.07) is -1.73. The minimum atomic E-state index is -0.932. The molecular formula is C37H63N3O9S3. The Morgan fingerprint density at radius 1 is 0.904 bits per heavy atom. The van der Waals surface area contributed by atoms with Crippen molar-refractivity contribution >= 4 is 53.9 Å². The van der Waals surface area contributed by atoms with Gasteiger partial charge in [0.25, 0.3) is 0 Å². The van der Waals surface area contributed by atoms with Crippen LogP contribution in [0.25, 0.3) is 0 Å². The van der Waals surface area contributed by atoms with E-state index >= 15 is 0 Å². The molecule has 0 aromatic rings. The van der Waals surface area contributed by atoms with Crippen LogP contribution < -0.4 is 10.6 Å². The number of hydrogen-bond donors (Lipinski definition) is 4. The van der Waals surface area contributed by atoms with E-state index < -0.39 is 33.6 Å². The van der Waals surface area contributed by atoms with Gasteiger partial charge in [0.15, 0.2) is 0 Å². The lowest BCUT2D eigenvalue weighted by atomic mass is 9.73. The van der Waals surface area contributed by atoms with Gasteiger partial charge < -0.3 is 44.3 Å². The number of likely N-dealkylation sites (N-methyl/N-ethyl adjacent to an activating group) is 2. The fourth-order valence-corrected chi connectivity index (χ4v) is 9.57. The van der Waals surface area contributed by atoms with Gasteiger partial charge in [-0.1, -0.05) is 54.5 Å². The maximum absolute atomic E-state index is 14.2. The zero-order valence-corrected chi connectivity index (χ0v) is 35.2. The maximum atomic E-state index is 14.2. The third-order valence-corrected chi connectivity index (χ3v) is 13.0. The molecule has 2 aliphatic heterocycles. The van der Waals surface area contributed by atoms with Crippen molar-refractivity contribution in [1.82, 2.24) is 15.5 Å². The van der Waals surface area contributed by atoms with Crippen molar-refractivity contribution in [1.29, 1.82) is 0 Å². The summed E-state index contributed by atoms with van der Waals surface area (Å²) < 4.78 is 27.1. The van der Waals surface area contributed by atoms with Crippen molar-refractivity contribution in [2.24, 2.45) is 16.7 Å². The van der Waals surface area contributed by atoms with Gasteiger partial charge in [-0.25, -0.2) is 0 Å². The number of allylic oxidation sites excluding steroid dienone is 2. The number of amides is 2. The van der Waals surface area contributed by atoms with E-state index in [0.717, 1.165) is 11.3 Å². The van der Waals surface area contributed by atoms with Crippen molar-refractivity contribution in [3.8, 4) is 0 Å². The van der Waals surface area contributed by atoms with E-state index in [1.54, 1.807) is 37.7 Å². The maximum Gasteiger partial charge on any atom is 0.320 e. The third kappa shape index (κ3) is 11.8. The highest BCUT2D eigenvalue weighted by Gasteiger charge is 2.63. The quantitative estimate of drug-likeness (QED) is 0.0606. The number of hydrogen-bond acceptors (Lipinski definition) is 12. The predicted molar refractivity (Wildman–Crippen MR) is 211 cm³/mol. The fraction of sp³-hybridized carbons (Fsp3) is 0.811. The number of nitrogens with zero attached hydrogens (tertiary/aromatic N) is 1. The lowest BCUT2D eigenvalue weighted by Crippen LogP contribution is -2.62. The lowest BCUT2D eigenvalue weighted by molar-refractivity contribution is -0.143. The summed E-state index contributed by atoms with van der Waals surface area (Å²) in [6.07, 6.45) is 4.07. The van der Waals surface area contributed by atoms with Crippen molar-refractivity contribution < 1.29 is 43.2 Å². The Morgan fingerprint density at radius 2 is 1.44 bits per heavy atom. The van der Waals surface area contributed by atoms with Gasteiger partial charge in [0.2, 0.25) is 11.8 Å². The highest BCUT2D eigenvalue weighted by Crippen LogP contribution is 2.58. The Labute approximate surface area is 325 Å². The molecule has 2 amide bonds. The minimum absolute atomic E-state index is 0.0275. The summed E-state index contributed by atoms with van der Waals surface area (Å²) in [6.45, 7) is 20.2. The molecule has 3 N–H and O–H groups in total. The molecule has 4 unspecified atom stereocenters. The third-order valence-electron chi connectivity index (χ3n) is 9.84. The second kappa shape index (κ2) is 19.9. The molecule has 2 heterocycles. The van der Waals surface area contributed by atoms with Crippen molar-refractivity contribution in [3.63, 3.8) is 0 Å². The number of aliphatic carboxylic acids is 1. The van der Waals surface area contributed by atoms with Gasteiger partial charge >= 0.3 is 5.97 Å². The van der Waals surface area contributed by atoms with Crippen LogP contribution in [0.3, 0.4) is 0 Å². The summed E-state index contributed by atoms with van der Waals surface area (Å²) >= 11 is 7.27. The number of thioether (sulfide) groups is 2. The van der Waals surface area contributed by atoms with Crippen LogP contribution in [0.2, 0.25) is 0 Å². The van der Waals surface area contributed by atoms with Gasteiger partial charge in [0.05, 0.1) is 69.4 Å². The largest absolute Gasteiger partial charge is 0.494 e. The van der Waals surface area contributed by atoms with Gasteiger partial charge in [-0.3, -0.25) is 14.4 Å². The summed E-state index contributed by atoms with van der Waals surface area (Å²) in [7, 11) is 3.50. The van der Waals surface area contributed by atoms with E-state index in [1.165, 1.54) is 11.8 Å². The molecule has 1 aliphatic carbocycles. The van der Waals surface area contributed by atoms with E-state index in [9.17, 15) is 19.5 Å². The molecule has 0 radical (unpaired) electrons. The van der Waals surface area contributed by atoms with Gasteiger partial charge in [-0.15, -0.1) is 23.5 Å². The lowest BCUT2D eigenvalue weighted by Gasteiger charge is -2.41. The summed E-state index contributed by atoms with van der Waals surface area (Å²) in [4.78, 5) is 41.9. The zero-order valence-electron chi connectivity index (χ0n) is 32.7. The van der Waals surface area contributed by atoms with E-state index in [2.05, 4.69) is 43.2 Å². The molecule has 0 spiro atoms. The van der Waals surface area contributed by atoms with Gasteiger partial charge in [-0.05, 0) is 37.0 Å². The van der Waals surface area contributed by atoms with Crippen molar-refractivity contribution in [2.45, 2.75) is 94.0 Å². The number of thiol groups is 1. The number of rotatable bonds is 25. The van der Waals surface area contributed by atoms with Crippen LogP contribution in [-0.4, -0.2) is 146 Å². The standard InChI is InChI=1S/C37H63N3O9S3/c1-23(2)26(31-37(8,52-31)34(43)44)40(10)33(42)30(35(3,4)5)39-32(41)29(38-9)36(6,7)24-11-12-25(28-27(24)51-28)49-20-19-47-16-15-45-13-14-46-17-18-48-21-22-50/h11-12,23,26-31,38,50H,13-22H2,1-10H3,(H,39,41)(H,43,44)/t26?,27?,28?,29-,30-,31?,37-/m1/s1. The van der Waals surface area contributed by atoms with E-state index in [-0.39, 0.29) is 39.5 Å². The molecule has 0 bridgehead atoms. The van der Waals surface area contributed by atoms with Crippen molar-refractivity contribution in [2.75, 3.05) is 79.3 Å². The Bertz CT molecular complexity index is 1270. The monoisotopic (exact) mass is 789 g/mol. The number of ether oxygens (including phenoxy) is 5. The first-order chi connectivity index (χ1) is 24.4. The van der Waals surface area contributed by atoms with E-state index in [4.69, 9.17) is 23.7 Å². The molecule has 12 nitrogen and oxygen atoms in total. The summed E-state index contributed by atoms with van der Waals surface area (Å²) in [5, 5.41) is 16.3. The molecule has 3 rings (SSSR count). The zero-order chi connectivity index (χ0) is 38.9. The molecule has 52 heavy (non-hydrogen) atoms. The molecule has 0 aromatic heterocycles. The molecule has 2 saturated heterocycles. The van der Waals surface area contributed by atoms with Crippen LogP contribution in [0.1, 0.15) is 55.4 Å². The number of nitrogens with one attached hydrogen (secondary N) is 2. The predicted octanol–water partition coefficient (Wildman–Crippen LogP) is 3.89. The van der Waals surface area contributed by atoms with Crippen LogP contribution in [-0.2, 0) is 38.1 Å². The Hall–Kier alpha value is -1.46. The first kappa shape index (κ1) is 44.9. The van der Waals surface area contributed by atoms with Gasteiger partial charge in [0, 0.05) is 29.5 Å². The Morgan fingerprint density at radius 3 is 1.90 bits per heavy atom. The first-order valence-electron chi connectivity index (χ1n) is 18.2. The molecule has 15 heteroatoms. The van der Waals surface area contributed by atoms with Gasteiger partial charge in [0.1, 0.15) is 23.2 Å². The van der Waals surface area contributed by atoms with Crippen LogP contribution in [0, 0.1) is 16.7 Å². The molecule has 3 aliphatic rings. The average Bonchev–Trinajstić information content (AvgIpc) is 3.99. The smallest absolute Gasteiger partial charge is 0.320 e. The molecule has 298 valence electrons. The molecular weight excluding hydrogens is 727 g/mol. The van der Waals surface area contributed by atoms with Crippen LogP contribution in [0.4, 0.5) is 0 Å². The topological polar surface area (TPSA) is 145 Å². The van der Waals surface area contributed by atoms with Gasteiger partial charge in [-0.2, -0.15) is 12.6 Å². The van der Waals surface area contributed by atoms with E-state index in [1.807, 2.05) is 40.7 Å². The van der Waals surface area contributed by atoms with Crippen LogP contribution >= 0.6 is 36.2 Å². The number of carboxylic acids is 1. The molecule has 2 fully saturated rings. The SMILES string of the molecule is CN[C@H](C(=O)N[C@H](C(=O)N(C)C(C(C)C)C1S[C@@]1(C)C(=O)O)C(C)(C)C)C(C)(C)C1=CC=C(OCCOCCOCCOCCOCCS)C2SC12. The molecule has 0 aromatic carbocycles. The number of carboxylic acid groups (broad SMARTS) is 1. The van der Waals surface area contributed by atoms with Crippen LogP contribution in [0.15, 0.2) is 23.5 Å². The number of carbonyl (C=O) groups is 3.